The van der Waals surface area contributed by atoms with Crippen LogP contribution in [0.1, 0.15) is 303 Å². The smallest absolute Gasteiger partial charge is 0.306 e. The quantitative estimate of drug-likeness (QED) is 0.0321. The summed E-state index contributed by atoms with van der Waals surface area (Å²) >= 11 is 0. The van der Waals surface area contributed by atoms with Gasteiger partial charge in [-0.05, 0) is 70.6 Å². The summed E-state index contributed by atoms with van der Waals surface area (Å²) in [6.07, 6.45) is 59.8. The summed E-state index contributed by atoms with van der Waals surface area (Å²) in [7, 11) is 0. The average molecular weight is 889 g/mol. The summed E-state index contributed by atoms with van der Waals surface area (Å²) in [6, 6.07) is -0.702. The van der Waals surface area contributed by atoms with Crippen LogP contribution in [0, 0.1) is 0 Å². The molecule has 0 aliphatic rings. The van der Waals surface area contributed by atoms with Crippen LogP contribution in [0.3, 0.4) is 0 Å². The van der Waals surface area contributed by atoms with E-state index in [9.17, 15) is 19.8 Å². The van der Waals surface area contributed by atoms with Crippen LogP contribution in [-0.4, -0.2) is 46.9 Å². The molecule has 6 heteroatoms. The SMILES string of the molecule is CCC/C=C\CCCCCC(CC(=O)NC(CO)C(O)CCCCCCCCCCCCCCCCCCC)OC(=O)CCCCCCCCCCC/C=C/CCCCCCCC. The largest absolute Gasteiger partial charge is 0.462 e. The Hall–Kier alpha value is -1.66. The molecule has 0 aromatic heterocycles. The first-order valence-electron chi connectivity index (χ1n) is 28.1. The Labute approximate surface area is 392 Å². The normalized spacial score (nSPS) is 13.3. The minimum atomic E-state index is -0.788. The summed E-state index contributed by atoms with van der Waals surface area (Å²) in [5, 5.41) is 23.8. The number of unbranched alkanes of at least 4 members (excludes halogenated alkanes) is 35. The van der Waals surface area contributed by atoms with E-state index >= 15 is 0 Å². The van der Waals surface area contributed by atoms with Gasteiger partial charge in [-0.1, -0.05) is 244 Å². The van der Waals surface area contributed by atoms with Crippen molar-refractivity contribution in [1.82, 2.24) is 5.32 Å². The second-order valence-electron chi connectivity index (χ2n) is 19.3. The Kier molecular flexibility index (Phi) is 50.0. The maximum Gasteiger partial charge on any atom is 0.306 e. The Morgan fingerprint density at radius 3 is 1.21 bits per heavy atom. The minimum Gasteiger partial charge on any atom is -0.462 e. The van der Waals surface area contributed by atoms with Crippen molar-refractivity contribution in [1.29, 1.82) is 0 Å². The van der Waals surface area contributed by atoms with E-state index in [1.54, 1.807) is 0 Å². The van der Waals surface area contributed by atoms with Crippen molar-refractivity contribution in [2.75, 3.05) is 6.61 Å². The molecule has 0 radical (unpaired) electrons. The van der Waals surface area contributed by atoms with Crippen LogP contribution in [0.5, 0.6) is 0 Å². The first kappa shape index (κ1) is 61.3. The van der Waals surface area contributed by atoms with Gasteiger partial charge in [0.05, 0.1) is 25.2 Å². The zero-order valence-electron chi connectivity index (χ0n) is 42.5. The molecular weight excluding hydrogens is 779 g/mol. The first-order chi connectivity index (χ1) is 31.0. The fourth-order valence-electron chi connectivity index (χ4n) is 8.72. The van der Waals surface area contributed by atoms with Crippen molar-refractivity contribution in [2.24, 2.45) is 0 Å². The van der Waals surface area contributed by atoms with Gasteiger partial charge < -0.3 is 20.3 Å². The van der Waals surface area contributed by atoms with E-state index in [0.717, 1.165) is 70.6 Å². The second-order valence-corrected chi connectivity index (χ2v) is 19.3. The Morgan fingerprint density at radius 2 is 0.794 bits per heavy atom. The number of hydrogen-bond donors (Lipinski definition) is 3. The second kappa shape index (κ2) is 51.3. The number of aliphatic hydroxyl groups excluding tert-OH is 2. The van der Waals surface area contributed by atoms with Gasteiger partial charge >= 0.3 is 5.97 Å². The third-order valence-corrected chi connectivity index (χ3v) is 13.0. The van der Waals surface area contributed by atoms with Gasteiger partial charge in [0.15, 0.2) is 0 Å². The standard InChI is InChI=1S/C57H109NO5/c1-4-7-10-13-16-19-21-23-25-27-28-30-32-34-36-38-41-44-47-50-57(62)63-53(48-45-42-39-18-15-12-9-6-3)51-56(61)58-54(52-59)55(60)49-46-43-40-37-35-33-31-29-26-24-22-20-17-14-11-8-5-2/h12,15,23,25,53-55,59-60H,4-11,13-14,16-22,24,26-52H2,1-3H3,(H,58,61)/b15-12-,25-23+. The summed E-state index contributed by atoms with van der Waals surface area (Å²) < 4.78 is 5.92. The monoisotopic (exact) mass is 888 g/mol. The van der Waals surface area contributed by atoms with Gasteiger partial charge in [0, 0.05) is 6.42 Å². The summed E-state index contributed by atoms with van der Waals surface area (Å²) in [4.78, 5) is 26.1. The molecule has 0 fully saturated rings. The van der Waals surface area contributed by atoms with Gasteiger partial charge in [-0.3, -0.25) is 9.59 Å². The predicted octanol–water partition coefficient (Wildman–Crippen LogP) is 17.1. The lowest BCUT2D eigenvalue weighted by molar-refractivity contribution is -0.151. The van der Waals surface area contributed by atoms with Gasteiger partial charge in [0.1, 0.15) is 6.10 Å². The fourth-order valence-corrected chi connectivity index (χ4v) is 8.72. The van der Waals surface area contributed by atoms with Gasteiger partial charge in [-0.25, -0.2) is 0 Å². The fraction of sp³-hybridized carbons (Fsp3) is 0.895. The molecule has 0 saturated carbocycles. The highest BCUT2D eigenvalue weighted by molar-refractivity contribution is 5.77. The third-order valence-electron chi connectivity index (χ3n) is 13.0. The van der Waals surface area contributed by atoms with E-state index in [1.165, 1.54) is 186 Å². The van der Waals surface area contributed by atoms with E-state index in [1.807, 2.05) is 0 Å². The van der Waals surface area contributed by atoms with E-state index < -0.39 is 18.2 Å². The highest BCUT2D eigenvalue weighted by atomic mass is 16.5. The van der Waals surface area contributed by atoms with E-state index in [-0.39, 0.29) is 24.9 Å². The number of carbonyl (C=O) groups is 2. The highest BCUT2D eigenvalue weighted by Crippen LogP contribution is 2.18. The van der Waals surface area contributed by atoms with E-state index in [0.29, 0.717) is 19.3 Å². The van der Waals surface area contributed by atoms with Gasteiger partial charge in [-0.15, -0.1) is 0 Å². The Balaban J connectivity index is 4.31. The Bertz CT molecular complexity index is 997. The lowest BCUT2D eigenvalue weighted by atomic mass is 10.0. The summed E-state index contributed by atoms with van der Waals surface area (Å²) in [6.45, 7) is 6.44. The molecule has 1 amide bonds. The molecule has 0 aliphatic carbocycles. The number of amides is 1. The topological polar surface area (TPSA) is 95.9 Å². The van der Waals surface area contributed by atoms with Crippen LogP contribution >= 0.6 is 0 Å². The first-order valence-corrected chi connectivity index (χ1v) is 28.1. The van der Waals surface area contributed by atoms with Crippen LogP contribution in [0.2, 0.25) is 0 Å². The Morgan fingerprint density at radius 1 is 0.444 bits per heavy atom. The van der Waals surface area contributed by atoms with E-state index in [4.69, 9.17) is 4.74 Å². The molecule has 6 nitrogen and oxygen atoms in total. The molecule has 3 atom stereocenters. The van der Waals surface area contributed by atoms with Gasteiger partial charge in [0.25, 0.3) is 0 Å². The van der Waals surface area contributed by atoms with Crippen molar-refractivity contribution in [3.63, 3.8) is 0 Å². The molecule has 0 aromatic rings. The number of hydrogen-bond acceptors (Lipinski definition) is 5. The molecule has 0 heterocycles. The third kappa shape index (κ3) is 46.7. The number of ether oxygens (including phenoxy) is 1. The highest BCUT2D eigenvalue weighted by Gasteiger charge is 2.24. The predicted molar refractivity (Wildman–Crippen MR) is 273 cm³/mol. The van der Waals surface area contributed by atoms with Crippen LogP contribution in [-0.2, 0) is 14.3 Å². The van der Waals surface area contributed by atoms with Crippen LogP contribution < -0.4 is 5.32 Å². The van der Waals surface area contributed by atoms with Crippen LogP contribution in [0.25, 0.3) is 0 Å². The van der Waals surface area contributed by atoms with Crippen molar-refractivity contribution < 1.29 is 24.5 Å². The maximum atomic E-state index is 13.2. The maximum absolute atomic E-state index is 13.2. The molecular formula is C57H109NO5. The number of allylic oxidation sites excluding steroid dienone is 4. The number of nitrogens with one attached hydrogen (secondary N) is 1. The van der Waals surface area contributed by atoms with Crippen molar-refractivity contribution in [3.8, 4) is 0 Å². The lowest BCUT2D eigenvalue weighted by Crippen LogP contribution is -2.46. The molecule has 0 saturated heterocycles. The summed E-state index contributed by atoms with van der Waals surface area (Å²) in [5.74, 6) is -0.482. The lowest BCUT2D eigenvalue weighted by Gasteiger charge is -2.24. The zero-order chi connectivity index (χ0) is 45.9. The van der Waals surface area contributed by atoms with Gasteiger partial charge in [-0.2, -0.15) is 0 Å². The molecule has 3 N–H and O–H groups in total. The molecule has 0 aliphatic heterocycles. The molecule has 63 heavy (non-hydrogen) atoms. The molecule has 3 unspecified atom stereocenters. The number of esters is 1. The van der Waals surface area contributed by atoms with Crippen LogP contribution in [0.15, 0.2) is 24.3 Å². The molecule has 0 aromatic carbocycles. The van der Waals surface area contributed by atoms with E-state index in [2.05, 4.69) is 50.4 Å². The molecule has 0 bridgehead atoms. The zero-order valence-corrected chi connectivity index (χ0v) is 42.5. The van der Waals surface area contributed by atoms with Gasteiger partial charge in [0.2, 0.25) is 5.91 Å². The number of rotatable bonds is 51. The van der Waals surface area contributed by atoms with Crippen LogP contribution in [0.4, 0.5) is 0 Å². The molecule has 0 spiro atoms. The van der Waals surface area contributed by atoms with Crippen molar-refractivity contribution >= 4 is 11.9 Å². The summed E-state index contributed by atoms with van der Waals surface area (Å²) in [5.41, 5.74) is 0. The van der Waals surface area contributed by atoms with Crippen molar-refractivity contribution in [3.05, 3.63) is 24.3 Å². The minimum absolute atomic E-state index is 0.0694. The average Bonchev–Trinajstić information content (AvgIpc) is 3.28. The number of carbonyl (C=O) groups excluding carboxylic acids is 2. The molecule has 372 valence electrons. The molecule has 0 rings (SSSR count). The number of aliphatic hydroxyl groups is 2. The van der Waals surface area contributed by atoms with Crippen molar-refractivity contribution in [2.45, 2.75) is 322 Å².